The molecule has 0 saturated carbocycles. The molecule has 0 radical (unpaired) electrons. The monoisotopic (exact) mass is 247 g/mol. The summed E-state index contributed by atoms with van der Waals surface area (Å²) in [6.45, 7) is 9.96. The lowest BCUT2D eigenvalue weighted by Gasteiger charge is -2.25. The molecule has 18 heavy (non-hydrogen) atoms. The van der Waals surface area contributed by atoms with Gasteiger partial charge in [-0.1, -0.05) is 27.7 Å². The first-order chi connectivity index (χ1) is 8.75. The third-order valence-corrected chi connectivity index (χ3v) is 2.26. The minimum atomic E-state index is 0.700. The van der Waals surface area contributed by atoms with Crippen molar-refractivity contribution in [2.75, 3.05) is 7.05 Å². The van der Waals surface area contributed by atoms with E-state index in [0.717, 1.165) is 17.4 Å². The Hall–Kier alpha value is -1.91. The number of nitrogens with zero attached hydrogens (tertiary/aromatic N) is 5. The molecule has 0 aromatic carbocycles. The second-order valence-electron chi connectivity index (χ2n) is 3.33. The van der Waals surface area contributed by atoms with Gasteiger partial charge in [-0.2, -0.15) is 0 Å². The summed E-state index contributed by atoms with van der Waals surface area (Å²) in [5.41, 5.74) is 2.04. The number of hydrazone groups is 1. The Morgan fingerprint density at radius 3 is 2.44 bits per heavy atom. The molecule has 3 heterocycles. The minimum absolute atomic E-state index is 0.700. The van der Waals surface area contributed by atoms with E-state index in [1.54, 1.807) is 11.2 Å². The Kier molecular flexibility index (Phi) is 4.83. The van der Waals surface area contributed by atoms with Gasteiger partial charge in [-0.15, -0.1) is 5.10 Å². The highest BCUT2D eigenvalue weighted by Crippen LogP contribution is 2.24. The fraction of sp³-hybridized carbons (Fsp3) is 0.462. The van der Waals surface area contributed by atoms with E-state index in [1.165, 1.54) is 0 Å². The molecule has 0 bridgehead atoms. The fourth-order valence-corrected chi connectivity index (χ4v) is 1.67. The van der Waals surface area contributed by atoms with Gasteiger partial charge in [0.2, 0.25) is 5.96 Å². The molecule has 3 rings (SSSR count). The van der Waals surface area contributed by atoms with Crippen molar-refractivity contribution in [3.05, 3.63) is 24.0 Å². The smallest absolute Gasteiger partial charge is 0.246 e. The van der Waals surface area contributed by atoms with Gasteiger partial charge in [0.05, 0.1) is 5.70 Å². The predicted molar refractivity (Wildman–Crippen MR) is 77.5 cm³/mol. The van der Waals surface area contributed by atoms with Crippen molar-refractivity contribution in [1.29, 1.82) is 0 Å². The van der Waals surface area contributed by atoms with Gasteiger partial charge in [0, 0.05) is 19.0 Å². The third kappa shape index (κ3) is 2.34. The molecule has 3 aliphatic heterocycles. The van der Waals surface area contributed by atoms with Crippen molar-refractivity contribution in [3.8, 4) is 0 Å². The van der Waals surface area contributed by atoms with E-state index >= 15 is 0 Å². The lowest BCUT2D eigenvalue weighted by molar-refractivity contribution is 0.530. The molecule has 0 aromatic heterocycles. The van der Waals surface area contributed by atoms with Crippen LogP contribution in [-0.2, 0) is 0 Å². The van der Waals surface area contributed by atoms with Gasteiger partial charge >= 0.3 is 0 Å². The number of aliphatic imine (C=N–C) groups is 2. The number of rotatable bonds is 0. The van der Waals surface area contributed by atoms with Crippen LogP contribution >= 0.6 is 0 Å². The van der Waals surface area contributed by atoms with Crippen molar-refractivity contribution in [1.82, 2.24) is 9.91 Å². The van der Waals surface area contributed by atoms with Crippen LogP contribution in [0.4, 0.5) is 0 Å². The molecule has 0 saturated heterocycles. The van der Waals surface area contributed by atoms with E-state index in [9.17, 15) is 0 Å². The maximum absolute atomic E-state index is 4.34. The van der Waals surface area contributed by atoms with Gasteiger partial charge in [-0.25, -0.2) is 19.9 Å². The minimum Gasteiger partial charge on any atom is -0.246 e. The summed E-state index contributed by atoms with van der Waals surface area (Å²) in [6.07, 6.45) is 5.75. The lowest BCUT2D eigenvalue weighted by Crippen LogP contribution is -2.37. The van der Waals surface area contributed by atoms with Crippen LogP contribution in [0.25, 0.3) is 0 Å². The largest absolute Gasteiger partial charge is 0.255 e. The SMILES string of the molecule is CC.CC.CC1=NC2=NN(C)C3=NC=CC(=C1)N23. The summed E-state index contributed by atoms with van der Waals surface area (Å²) in [5, 5.41) is 6.01. The number of hydrogen-bond acceptors (Lipinski definition) is 5. The lowest BCUT2D eigenvalue weighted by atomic mass is 10.2. The molecule has 0 atom stereocenters. The van der Waals surface area contributed by atoms with Crippen LogP contribution in [0, 0.1) is 0 Å². The van der Waals surface area contributed by atoms with E-state index in [0.29, 0.717) is 5.96 Å². The Bertz CT molecular complexity index is 454. The molecule has 0 fully saturated rings. The van der Waals surface area contributed by atoms with Gasteiger partial charge in [-0.3, -0.25) is 0 Å². The van der Waals surface area contributed by atoms with Crippen molar-refractivity contribution < 1.29 is 0 Å². The molecular formula is C13H21N5. The second kappa shape index (κ2) is 6.14. The first-order valence-corrected chi connectivity index (χ1v) is 6.39. The zero-order valence-electron chi connectivity index (χ0n) is 12.0. The Labute approximate surface area is 109 Å². The van der Waals surface area contributed by atoms with Crippen LogP contribution in [0.2, 0.25) is 0 Å². The Morgan fingerprint density at radius 2 is 1.78 bits per heavy atom. The van der Waals surface area contributed by atoms with E-state index in [1.807, 2.05) is 58.7 Å². The molecule has 5 nitrogen and oxygen atoms in total. The van der Waals surface area contributed by atoms with Gasteiger partial charge in [-0.05, 0) is 19.1 Å². The topological polar surface area (TPSA) is 43.6 Å². The summed E-state index contributed by atoms with van der Waals surface area (Å²) in [5.74, 6) is 1.51. The van der Waals surface area contributed by atoms with Gasteiger partial charge in [0.25, 0.3) is 5.96 Å². The highest BCUT2D eigenvalue weighted by atomic mass is 15.6. The molecule has 98 valence electrons. The normalized spacial score (nSPS) is 18.3. The Morgan fingerprint density at radius 1 is 1.11 bits per heavy atom. The predicted octanol–water partition coefficient (Wildman–Crippen LogP) is 2.80. The van der Waals surface area contributed by atoms with Crippen LogP contribution in [0.3, 0.4) is 0 Å². The van der Waals surface area contributed by atoms with E-state index in [4.69, 9.17) is 0 Å². The number of hydrogen-bond donors (Lipinski definition) is 0. The molecule has 0 unspecified atom stereocenters. The molecule has 0 N–H and O–H groups in total. The van der Waals surface area contributed by atoms with Crippen molar-refractivity contribution >= 4 is 17.6 Å². The molecule has 0 aromatic rings. The van der Waals surface area contributed by atoms with Crippen LogP contribution in [-0.4, -0.2) is 34.6 Å². The van der Waals surface area contributed by atoms with E-state index in [2.05, 4.69) is 15.1 Å². The quantitative estimate of drug-likeness (QED) is 0.660. The van der Waals surface area contributed by atoms with Crippen molar-refractivity contribution in [2.24, 2.45) is 15.1 Å². The maximum Gasteiger partial charge on any atom is 0.255 e. The Balaban J connectivity index is 0.000000371. The van der Waals surface area contributed by atoms with Crippen molar-refractivity contribution in [2.45, 2.75) is 34.6 Å². The summed E-state index contributed by atoms with van der Waals surface area (Å²) in [6, 6.07) is 0. The zero-order valence-corrected chi connectivity index (χ0v) is 12.0. The maximum atomic E-state index is 4.34. The molecule has 0 spiro atoms. The zero-order chi connectivity index (χ0) is 13.7. The first kappa shape index (κ1) is 14.2. The summed E-state index contributed by atoms with van der Waals surface area (Å²) < 4.78 is 0. The van der Waals surface area contributed by atoms with Crippen LogP contribution < -0.4 is 0 Å². The number of allylic oxidation sites excluding steroid dienone is 2. The first-order valence-electron chi connectivity index (χ1n) is 6.39. The van der Waals surface area contributed by atoms with Crippen LogP contribution in [0.15, 0.2) is 39.1 Å². The average Bonchev–Trinajstić information content (AvgIpc) is 2.72. The van der Waals surface area contributed by atoms with Gasteiger partial charge in [0.1, 0.15) is 0 Å². The van der Waals surface area contributed by atoms with E-state index < -0.39 is 0 Å². The van der Waals surface area contributed by atoms with Gasteiger partial charge in [0.15, 0.2) is 0 Å². The molecule has 0 amide bonds. The van der Waals surface area contributed by atoms with Crippen molar-refractivity contribution in [3.63, 3.8) is 0 Å². The van der Waals surface area contributed by atoms with Gasteiger partial charge < -0.3 is 0 Å². The number of guanidine groups is 2. The summed E-state index contributed by atoms with van der Waals surface area (Å²) >= 11 is 0. The summed E-state index contributed by atoms with van der Waals surface area (Å²) in [4.78, 5) is 10.5. The third-order valence-electron chi connectivity index (χ3n) is 2.26. The average molecular weight is 247 g/mol. The van der Waals surface area contributed by atoms with Crippen LogP contribution in [0.1, 0.15) is 34.6 Å². The van der Waals surface area contributed by atoms with Crippen LogP contribution in [0.5, 0.6) is 0 Å². The highest BCUT2D eigenvalue weighted by molar-refractivity contribution is 6.14. The standard InChI is InChI=1S/C9H9N5.2C2H6/c1-6-5-7-3-4-10-9-13(2)12-8(11-6)14(7)9;2*1-2/h3-5H,1-2H3;2*1-2H3. The summed E-state index contributed by atoms with van der Waals surface area (Å²) in [7, 11) is 1.87. The molecule has 3 aliphatic rings. The molecular weight excluding hydrogens is 226 g/mol. The van der Waals surface area contributed by atoms with E-state index in [-0.39, 0.29) is 0 Å². The highest BCUT2D eigenvalue weighted by Gasteiger charge is 2.33. The molecule has 0 aliphatic carbocycles. The second-order valence-corrected chi connectivity index (χ2v) is 3.33. The fourth-order valence-electron chi connectivity index (χ4n) is 1.67. The molecule has 5 heteroatoms.